The third-order valence-electron chi connectivity index (χ3n) is 8.69. The molecule has 0 atom stereocenters. The number of aryl methyl sites for hydroxylation is 8. The van der Waals surface area contributed by atoms with Crippen LogP contribution in [0.5, 0.6) is 0 Å². The van der Waals surface area contributed by atoms with Crippen LogP contribution in [0.3, 0.4) is 0 Å². The summed E-state index contributed by atoms with van der Waals surface area (Å²) in [5.74, 6) is 0. The van der Waals surface area contributed by atoms with E-state index in [1.807, 2.05) is 0 Å². The summed E-state index contributed by atoms with van der Waals surface area (Å²) < 4.78 is 2.22. The SMILES string of the molecule is CCc1cccc(CC)c1-c1cc(C)cc(C)c1N=C(C)C(C)=[N+]([Pd])c1c(C)cc(C)cc1-c1c(CC)cccc1CC. The van der Waals surface area contributed by atoms with Crippen LogP contribution >= 0.6 is 0 Å². The molecule has 0 aliphatic heterocycles. The molecule has 0 unspecified atom stereocenters. The number of benzene rings is 4. The Labute approximate surface area is 271 Å². The van der Waals surface area contributed by atoms with Gasteiger partial charge in [0.2, 0.25) is 0 Å². The van der Waals surface area contributed by atoms with Crippen LogP contribution in [0.2, 0.25) is 0 Å². The number of hydrogen-bond acceptors (Lipinski definition) is 1. The quantitative estimate of drug-likeness (QED) is 0.125. The van der Waals surface area contributed by atoms with Crippen molar-refractivity contribution in [3.8, 4) is 22.3 Å². The summed E-state index contributed by atoms with van der Waals surface area (Å²) in [7, 11) is 0. The van der Waals surface area contributed by atoms with Crippen molar-refractivity contribution in [1.82, 2.24) is 0 Å². The first-order valence-corrected chi connectivity index (χ1v) is 16.5. The fourth-order valence-corrected chi connectivity index (χ4v) is 7.13. The van der Waals surface area contributed by atoms with Crippen LogP contribution in [0.15, 0.2) is 65.7 Å². The fraction of sp³-hybridized carbons (Fsp3) is 0.350. The molecule has 43 heavy (non-hydrogen) atoms. The van der Waals surface area contributed by atoms with Crippen LogP contribution in [0.25, 0.3) is 22.3 Å². The van der Waals surface area contributed by atoms with Crippen LogP contribution in [0.4, 0.5) is 11.4 Å². The number of rotatable bonds is 9. The van der Waals surface area contributed by atoms with Gasteiger partial charge >= 0.3 is 273 Å². The predicted molar refractivity (Wildman–Crippen MR) is 184 cm³/mol. The Morgan fingerprint density at radius 3 is 1.51 bits per heavy atom. The summed E-state index contributed by atoms with van der Waals surface area (Å²) in [6.07, 6.45) is 3.99. The van der Waals surface area contributed by atoms with E-state index >= 15 is 0 Å². The molecule has 0 aliphatic carbocycles. The van der Waals surface area contributed by atoms with Gasteiger partial charge in [0.1, 0.15) is 0 Å². The summed E-state index contributed by atoms with van der Waals surface area (Å²) in [4.78, 5) is 5.40. The van der Waals surface area contributed by atoms with Crippen molar-refractivity contribution in [2.75, 3.05) is 0 Å². The van der Waals surface area contributed by atoms with E-state index in [9.17, 15) is 0 Å². The average Bonchev–Trinajstić information content (AvgIpc) is 2.99. The minimum atomic E-state index is 0.995. The molecule has 4 rings (SSSR count). The fourth-order valence-electron chi connectivity index (χ4n) is 6.42. The van der Waals surface area contributed by atoms with E-state index in [1.54, 1.807) is 0 Å². The molecule has 227 valence electrons. The van der Waals surface area contributed by atoms with Gasteiger partial charge in [-0.05, 0) is 0 Å². The van der Waals surface area contributed by atoms with Gasteiger partial charge in [-0.25, -0.2) is 0 Å². The summed E-state index contributed by atoms with van der Waals surface area (Å²) in [6, 6.07) is 22.7. The molecule has 0 radical (unpaired) electrons. The number of nitrogens with zero attached hydrogens (tertiary/aromatic N) is 2. The van der Waals surface area contributed by atoms with Gasteiger partial charge in [-0.1, -0.05) is 0 Å². The molecule has 0 heterocycles. The van der Waals surface area contributed by atoms with Crippen molar-refractivity contribution in [1.29, 1.82) is 0 Å². The molecule has 3 heteroatoms. The Morgan fingerprint density at radius 1 is 0.628 bits per heavy atom. The second kappa shape index (κ2) is 14.1. The maximum atomic E-state index is 5.40. The molecule has 0 bridgehead atoms. The van der Waals surface area contributed by atoms with Crippen LogP contribution < -0.4 is 0 Å². The molecule has 2 nitrogen and oxygen atoms in total. The monoisotopic (exact) mass is 662 g/mol. The van der Waals surface area contributed by atoms with Gasteiger partial charge in [0.25, 0.3) is 0 Å². The molecule has 0 aliphatic rings. The topological polar surface area (TPSA) is 15.4 Å². The molecular formula is C40H48N2Pd+. The van der Waals surface area contributed by atoms with E-state index < -0.39 is 0 Å². The van der Waals surface area contributed by atoms with E-state index in [2.05, 4.69) is 153 Å². The van der Waals surface area contributed by atoms with Gasteiger partial charge in [-0.15, -0.1) is 0 Å². The van der Waals surface area contributed by atoms with E-state index in [1.165, 1.54) is 72.4 Å². The molecule has 0 saturated heterocycles. The van der Waals surface area contributed by atoms with E-state index in [-0.39, 0.29) is 0 Å². The third-order valence-corrected chi connectivity index (χ3v) is 9.55. The van der Waals surface area contributed by atoms with Crippen LogP contribution in [-0.2, 0) is 45.1 Å². The second-order valence-corrected chi connectivity index (χ2v) is 12.5. The average molecular weight is 663 g/mol. The molecule has 0 fully saturated rings. The van der Waals surface area contributed by atoms with Gasteiger partial charge in [0.05, 0.1) is 0 Å². The maximum absolute atomic E-state index is 5.40. The van der Waals surface area contributed by atoms with Crippen molar-refractivity contribution in [2.24, 2.45) is 4.99 Å². The van der Waals surface area contributed by atoms with Crippen molar-refractivity contribution >= 4 is 22.8 Å². The van der Waals surface area contributed by atoms with Gasteiger partial charge in [0, 0.05) is 0 Å². The van der Waals surface area contributed by atoms with Crippen molar-refractivity contribution in [2.45, 2.75) is 94.9 Å². The van der Waals surface area contributed by atoms with Gasteiger partial charge in [-0.2, -0.15) is 0 Å². The predicted octanol–water partition coefficient (Wildman–Crippen LogP) is 10.9. The Hall–Kier alpha value is -3.12. The first-order chi connectivity index (χ1) is 20.6. The Morgan fingerprint density at radius 2 is 1.05 bits per heavy atom. The number of hydrogen-bond donors (Lipinski definition) is 0. The first-order valence-electron chi connectivity index (χ1n) is 15.8. The molecule has 0 amide bonds. The molecule has 4 aromatic carbocycles. The van der Waals surface area contributed by atoms with Crippen molar-refractivity contribution in [3.63, 3.8) is 0 Å². The Kier molecular flexibility index (Phi) is 10.8. The van der Waals surface area contributed by atoms with Crippen LogP contribution in [0.1, 0.15) is 86.1 Å². The molecule has 0 N–H and O–H groups in total. The van der Waals surface area contributed by atoms with E-state index in [0.717, 1.165) is 42.8 Å². The minimum absolute atomic E-state index is 0.995. The van der Waals surface area contributed by atoms with Crippen molar-refractivity contribution in [3.05, 3.63) is 105 Å². The van der Waals surface area contributed by atoms with Crippen LogP contribution in [-0.4, -0.2) is 14.6 Å². The van der Waals surface area contributed by atoms with Gasteiger partial charge in [-0.3, -0.25) is 0 Å². The normalized spacial score (nSPS) is 12.5. The number of aliphatic imine (C=N–C) groups is 1. The third kappa shape index (κ3) is 6.70. The van der Waals surface area contributed by atoms with E-state index in [4.69, 9.17) is 4.99 Å². The molecule has 4 aromatic rings. The Bertz CT molecular complexity index is 1680. The zero-order valence-electron chi connectivity index (χ0n) is 27.8. The van der Waals surface area contributed by atoms with Gasteiger partial charge < -0.3 is 0 Å². The summed E-state index contributed by atoms with van der Waals surface area (Å²) in [6.45, 7) is 22.1. The van der Waals surface area contributed by atoms with Crippen LogP contribution in [0, 0.1) is 27.7 Å². The zero-order valence-corrected chi connectivity index (χ0v) is 29.4. The molecule has 0 saturated carbocycles. The molecule has 0 spiro atoms. The standard InChI is InChI=1S/C40H48N2.Pd/c1-11-31-17-15-18-32(12-2)37(31)35-23-25(5)21-27(7)39(35)41-29(9)30(10)42-40-28(8)22-26(6)24-36(40)38-33(13-3)19-16-20-34(38)14-4;/h15-24H,11-14H2,1-10H3;/q;+1. The van der Waals surface area contributed by atoms with Gasteiger partial charge in [0.15, 0.2) is 0 Å². The molecule has 0 aromatic heterocycles. The van der Waals surface area contributed by atoms with Crippen molar-refractivity contribution < 1.29 is 22.7 Å². The Balaban J connectivity index is 1.98. The second-order valence-electron chi connectivity index (χ2n) is 11.8. The zero-order chi connectivity index (χ0) is 31.4. The summed E-state index contributed by atoms with van der Waals surface area (Å²) >= 11 is 3.67. The molecular weight excluding hydrogens is 615 g/mol. The first kappa shape index (κ1) is 32.8. The van der Waals surface area contributed by atoms with E-state index in [0.29, 0.717) is 0 Å². The summed E-state index contributed by atoms with van der Waals surface area (Å²) in [5.41, 5.74) is 20.1. The summed E-state index contributed by atoms with van der Waals surface area (Å²) in [5, 5.41) is 0.